The largest absolute Gasteiger partial charge is 0.489 e. The second-order valence-electron chi connectivity index (χ2n) is 7.30. The number of nitro benzene ring substituents is 1. The first-order valence-corrected chi connectivity index (χ1v) is 12.0. The summed E-state index contributed by atoms with van der Waals surface area (Å²) in [4.78, 5) is 22.4. The first kappa shape index (κ1) is 25.3. The van der Waals surface area contributed by atoms with E-state index in [0.29, 0.717) is 15.6 Å². The highest BCUT2D eigenvalue weighted by molar-refractivity contribution is 7.92. The number of benzene rings is 3. The molecule has 0 aliphatic rings. The van der Waals surface area contributed by atoms with Gasteiger partial charge in [0.25, 0.3) is 11.6 Å². The van der Waals surface area contributed by atoms with E-state index in [1.807, 2.05) is 0 Å². The highest BCUT2D eigenvalue weighted by Crippen LogP contribution is 2.21. The number of nitro groups is 1. The van der Waals surface area contributed by atoms with Crippen molar-refractivity contribution in [1.82, 2.24) is 5.43 Å². The van der Waals surface area contributed by atoms with Gasteiger partial charge >= 0.3 is 0 Å². The molecule has 10 nitrogen and oxygen atoms in total. The third kappa shape index (κ3) is 7.33. The Labute approximate surface area is 200 Å². The SMILES string of the molecule is CS(=O)(=O)N(CC(=O)N/N=C\c1ccc(OCc2ccc([N+](=O)[O-])cc2)cc1)c1ccccc1F. The van der Waals surface area contributed by atoms with E-state index in [1.54, 1.807) is 36.4 Å². The Morgan fingerprint density at radius 2 is 1.77 bits per heavy atom. The first-order chi connectivity index (χ1) is 16.6. The van der Waals surface area contributed by atoms with Crippen LogP contribution >= 0.6 is 0 Å². The van der Waals surface area contributed by atoms with Gasteiger partial charge in [-0.1, -0.05) is 12.1 Å². The van der Waals surface area contributed by atoms with Gasteiger partial charge in [-0.25, -0.2) is 18.2 Å². The highest BCUT2D eigenvalue weighted by atomic mass is 32.2. The Morgan fingerprint density at radius 1 is 1.11 bits per heavy atom. The van der Waals surface area contributed by atoms with E-state index < -0.39 is 33.2 Å². The molecule has 3 rings (SSSR count). The second-order valence-corrected chi connectivity index (χ2v) is 9.20. The maximum absolute atomic E-state index is 14.0. The Bertz CT molecular complexity index is 1330. The summed E-state index contributed by atoms with van der Waals surface area (Å²) < 4.78 is 44.4. The lowest BCUT2D eigenvalue weighted by atomic mass is 10.2. The van der Waals surface area contributed by atoms with Crippen LogP contribution in [0.25, 0.3) is 0 Å². The maximum Gasteiger partial charge on any atom is 0.269 e. The van der Waals surface area contributed by atoms with Gasteiger partial charge < -0.3 is 4.74 Å². The van der Waals surface area contributed by atoms with Crippen LogP contribution in [0.4, 0.5) is 15.8 Å². The molecular weight excluding hydrogens is 479 g/mol. The van der Waals surface area contributed by atoms with Gasteiger partial charge in [0.15, 0.2) is 0 Å². The van der Waals surface area contributed by atoms with Gasteiger partial charge in [-0.15, -0.1) is 0 Å². The monoisotopic (exact) mass is 500 g/mol. The molecule has 0 aliphatic heterocycles. The van der Waals surface area contributed by atoms with Crippen LogP contribution in [0, 0.1) is 15.9 Å². The topological polar surface area (TPSA) is 131 Å². The standard InChI is InChI=1S/C23H21FN4O6S/c1-35(32,33)27(22-5-3-2-4-21(22)24)15-23(29)26-25-14-17-8-12-20(13-9-17)34-16-18-6-10-19(11-7-18)28(30)31/h2-14H,15-16H2,1H3,(H,26,29)/b25-14-. The molecule has 0 aliphatic carbocycles. The van der Waals surface area contributed by atoms with Crippen molar-refractivity contribution in [2.24, 2.45) is 5.10 Å². The molecule has 0 saturated heterocycles. The minimum atomic E-state index is -3.91. The normalized spacial score (nSPS) is 11.3. The molecular formula is C23H21FN4O6S. The summed E-state index contributed by atoms with van der Waals surface area (Å²) in [5.41, 5.74) is 3.38. The molecule has 0 atom stereocenters. The number of hydrogen-bond acceptors (Lipinski definition) is 7. The number of sulfonamides is 1. The maximum atomic E-state index is 14.0. The summed E-state index contributed by atoms with van der Waals surface area (Å²) in [6.45, 7) is -0.424. The zero-order valence-electron chi connectivity index (χ0n) is 18.5. The fourth-order valence-electron chi connectivity index (χ4n) is 2.91. The van der Waals surface area contributed by atoms with E-state index in [1.165, 1.54) is 36.5 Å². The summed E-state index contributed by atoms with van der Waals surface area (Å²) in [6.07, 6.45) is 2.23. The molecule has 0 radical (unpaired) electrons. The van der Waals surface area contributed by atoms with Crippen molar-refractivity contribution in [2.75, 3.05) is 17.1 Å². The third-order valence-electron chi connectivity index (χ3n) is 4.64. The van der Waals surface area contributed by atoms with E-state index in [4.69, 9.17) is 4.74 Å². The summed E-state index contributed by atoms with van der Waals surface area (Å²) in [6, 6.07) is 18.0. The van der Waals surface area contributed by atoms with E-state index in [2.05, 4.69) is 10.5 Å². The number of nitrogens with zero attached hydrogens (tertiary/aromatic N) is 3. The van der Waals surface area contributed by atoms with Crippen molar-refractivity contribution in [2.45, 2.75) is 6.61 Å². The number of ether oxygens (including phenoxy) is 1. The fourth-order valence-corrected chi connectivity index (χ4v) is 3.77. The summed E-state index contributed by atoms with van der Waals surface area (Å²) in [5.74, 6) is -0.971. The first-order valence-electron chi connectivity index (χ1n) is 10.1. The predicted molar refractivity (Wildman–Crippen MR) is 128 cm³/mol. The number of carbonyl (C=O) groups is 1. The van der Waals surface area contributed by atoms with Gasteiger partial charge in [0.05, 0.1) is 23.1 Å². The molecule has 182 valence electrons. The van der Waals surface area contributed by atoms with Crippen molar-refractivity contribution < 1.29 is 27.3 Å². The van der Waals surface area contributed by atoms with Gasteiger partial charge in [-0.05, 0) is 59.7 Å². The molecule has 0 spiro atoms. The van der Waals surface area contributed by atoms with Crippen LogP contribution < -0.4 is 14.5 Å². The molecule has 1 N–H and O–H groups in total. The molecule has 0 bridgehead atoms. The number of nitrogens with one attached hydrogen (secondary N) is 1. The Kier molecular flexibility index (Phi) is 8.10. The van der Waals surface area contributed by atoms with Crippen molar-refractivity contribution in [3.05, 3.63) is 99.9 Å². The molecule has 3 aromatic carbocycles. The number of para-hydroxylation sites is 1. The number of rotatable bonds is 10. The van der Waals surface area contributed by atoms with E-state index in [0.717, 1.165) is 17.9 Å². The van der Waals surface area contributed by atoms with Crippen LogP contribution in [0.15, 0.2) is 77.9 Å². The van der Waals surface area contributed by atoms with E-state index in [9.17, 15) is 27.7 Å². The molecule has 3 aromatic rings. The molecule has 1 amide bonds. The van der Waals surface area contributed by atoms with Crippen LogP contribution in [-0.2, 0) is 21.4 Å². The lowest BCUT2D eigenvalue weighted by molar-refractivity contribution is -0.384. The number of hydrogen-bond donors (Lipinski definition) is 1. The Morgan fingerprint density at radius 3 is 2.37 bits per heavy atom. The average Bonchev–Trinajstić information content (AvgIpc) is 2.82. The van der Waals surface area contributed by atoms with Crippen molar-refractivity contribution >= 4 is 33.5 Å². The summed E-state index contributed by atoms with van der Waals surface area (Å²) >= 11 is 0. The smallest absolute Gasteiger partial charge is 0.269 e. The average molecular weight is 501 g/mol. The molecule has 0 heterocycles. The minimum Gasteiger partial charge on any atom is -0.489 e. The number of carbonyl (C=O) groups excluding carboxylic acids is 1. The van der Waals surface area contributed by atoms with Gasteiger partial charge in [-0.2, -0.15) is 5.10 Å². The van der Waals surface area contributed by atoms with Crippen LogP contribution in [0.5, 0.6) is 5.75 Å². The number of hydrazone groups is 1. The van der Waals surface area contributed by atoms with Gasteiger partial charge in [0.1, 0.15) is 24.7 Å². The molecule has 35 heavy (non-hydrogen) atoms. The van der Waals surface area contributed by atoms with Crippen LogP contribution in [0.1, 0.15) is 11.1 Å². The van der Waals surface area contributed by atoms with Crippen molar-refractivity contribution in [3.8, 4) is 5.75 Å². The molecule has 0 aromatic heterocycles. The number of anilines is 1. The number of amides is 1. The third-order valence-corrected chi connectivity index (χ3v) is 5.77. The number of halogens is 1. The predicted octanol–water partition coefficient (Wildman–Crippen LogP) is 3.23. The number of non-ortho nitro benzene ring substituents is 1. The molecule has 0 saturated carbocycles. The molecule has 0 fully saturated rings. The van der Waals surface area contributed by atoms with E-state index in [-0.39, 0.29) is 18.0 Å². The van der Waals surface area contributed by atoms with Crippen LogP contribution in [0.3, 0.4) is 0 Å². The zero-order chi connectivity index (χ0) is 25.4. The summed E-state index contributed by atoms with van der Waals surface area (Å²) in [7, 11) is -3.91. The fraction of sp³-hybridized carbons (Fsp3) is 0.130. The Hall–Kier alpha value is -4.32. The minimum absolute atomic E-state index is 0.000683. The van der Waals surface area contributed by atoms with E-state index >= 15 is 0 Å². The van der Waals surface area contributed by atoms with Gasteiger partial charge in [0.2, 0.25) is 10.0 Å². The van der Waals surface area contributed by atoms with Crippen LogP contribution in [0.2, 0.25) is 0 Å². The molecule has 12 heteroatoms. The zero-order valence-corrected chi connectivity index (χ0v) is 19.3. The summed E-state index contributed by atoms with van der Waals surface area (Å²) in [5, 5.41) is 14.5. The van der Waals surface area contributed by atoms with Gasteiger partial charge in [-0.3, -0.25) is 19.2 Å². The highest BCUT2D eigenvalue weighted by Gasteiger charge is 2.23. The second kappa shape index (κ2) is 11.2. The van der Waals surface area contributed by atoms with Crippen molar-refractivity contribution in [1.29, 1.82) is 0 Å². The van der Waals surface area contributed by atoms with Crippen LogP contribution in [-0.4, -0.2) is 38.3 Å². The Balaban J connectivity index is 1.53. The lowest BCUT2D eigenvalue weighted by Crippen LogP contribution is -2.39. The molecule has 0 unspecified atom stereocenters. The van der Waals surface area contributed by atoms with Gasteiger partial charge in [0, 0.05) is 12.1 Å². The quantitative estimate of drug-likeness (QED) is 0.258. The van der Waals surface area contributed by atoms with Crippen molar-refractivity contribution in [3.63, 3.8) is 0 Å². The lowest BCUT2D eigenvalue weighted by Gasteiger charge is -2.21.